The minimum absolute atomic E-state index is 0.0102. The maximum absolute atomic E-state index is 12.9. The molecule has 0 radical (unpaired) electrons. The lowest BCUT2D eigenvalue weighted by Gasteiger charge is -2.40. The van der Waals surface area contributed by atoms with E-state index in [0.29, 0.717) is 26.1 Å². The Hall–Kier alpha value is -2.67. The molecule has 7 nitrogen and oxygen atoms in total. The first-order valence-corrected chi connectivity index (χ1v) is 9.23. The number of aryl methyl sites for hydroxylation is 1. The van der Waals surface area contributed by atoms with Crippen LogP contribution in [0, 0.1) is 0 Å². The largest absolute Gasteiger partial charge is 0.347 e. The van der Waals surface area contributed by atoms with Crippen LogP contribution in [0.4, 0.5) is 0 Å². The molecule has 1 aliphatic rings. The molecule has 0 bridgehead atoms. The van der Waals surface area contributed by atoms with Gasteiger partial charge in [0.2, 0.25) is 11.8 Å². The lowest BCUT2D eigenvalue weighted by molar-refractivity contribution is -0.147. The van der Waals surface area contributed by atoms with Crippen molar-refractivity contribution in [1.29, 1.82) is 0 Å². The summed E-state index contributed by atoms with van der Waals surface area (Å²) in [4.78, 5) is 35.2. The number of rotatable bonds is 5. The van der Waals surface area contributed by atoms with Crippen molar-refractivity contribution in [3.05, 3.63) is 42.7 Å². The zero-order valence-electron chi connectivity index (χ0n) is 16.2. The van der Waals surface area contributed by atoms with E-state index in [1.54, 1.807) is 30.1 Å². The van der Waals surface area contributed by atoms with E-state index in [2.05, 4.69) is 9.88 Å². The summed E-state index contributed by atoms with van der Waals surface area (Å²) in [5.74, 6) is 0.834. The Morgan fingerprint density at radius 3 is 2.63 bits per heavy atom. The first-order chi connectivity index (χ1) is 13.0. The predicted molar refractivity (Wildman–Crippen MR) is 104 cm³/mol. The molecule has 2 heterocycles. The first kappa shape index (κ1) is 19.1. The van der Waals surface area contributed by atoms with Gasteiger partial charge in [-0.05, 0) is 7.05 Å². The summed E-state index contributed by atoms with van der Waals surface area (Å²) in [5, 5.41) is 0. The van der Waals surface area contributed by atoms with Crippen LogP contribution in [0.5, 0.6) is 0 Å². The normalized spacial score (nSPS) is 17.7. The number of imidazole rings is 1. The van der Waals surface area contributed by atoms with Crippen molar-refractivity contribution in [3.8, 4) is 11.4 Å². The molecule has 1 aliphatic heterocycles. The molecule has 3 rings (SSSR count). The van der Waals surface area contributed by atoms with Crippen LogP contribution < -0.4 is 0 Å². The molecule has 1 unspecified atom stereocenters. The average molecular weight is 369 g/mol. The molecule has 7 heteroatoms. The van der Waals surface area contributed by atoms with Gasteiger partial charge >= 0.3 is 0 Å². The van der Waals surface area contributed by atoms with E-state index < -0.39 is 6.04 Å². The van der Waals surface area contributed by atoms with Crippen molar-refractivity contribution in [3.63, 3.8) is 0 Å². The van der Waals surface area contributed by atoms with Gasteiger partial charge in [0.05, 0.1) is 0 Å². The molecule has 0 spiro atoms. The number of carbonyl (C=O) groups is 2. The number of aromatic nitrogens is 2. The Labute approximate surface area is 160 Å². The molecule has 1 saturated heterocycles. The molecule has 1 aromatic heterocycles. The van der Waals surface area contributed by atoms with Gasteiger partial charge in [-0.15, -0.1) is 0 Å². The van der Waals surface area contributed by atoms with Crippen LogP contribution in [-0.4, -0.2) is 82.9 Å². The summed E-state index contributed by atoms with van der Waals surface area (Å²) in [6.07, 6.45) is 3.99. The smallest absolute Gasteiger partial charge is 0.246 e. The van der Waals surface area contributed by atoms with Crippen LogP contribution in [0.1, 0.15) is 6.42 Å². The standard InChI is InChI=1S/C20H27N5O2/c1-22(2)20(27)17-15-23(3)13-14-25(17)18(26)9-11-24-12-10-21-19(24)16-7-5-4-6-8-16/h4-8,10,12,17H,9,11,13-15H2,1-3H3. The fourth-order valence-electron chi connectivity index (χ4n) is 3.42. The zero-order valence-corrected chi connectivity index (χ0v) is 16.2. The monoisotopic (exact) mass is 369 g/mol. The Morgan fingerprint density at radius 2 is 1.93 bits per heavy atom. The number of benzene rings is 1. The van der Waals surface area contributed by atoms with Gasteiger partial charge in [-0.1, -0.05) is 30.3 Å². The van der Waals surface area contributed by atoms with Crippen LogP contribution in [-0.2, 0) is 16.1 Å². The summed E-state index contributed by atoms with van der Waals surface area (Å²) < 4.78 is 1.99. The van der Waals surface area contributed by atoms with Gasteiger partial charge in [0.1, 0.15) is 11.9 Å². The van der Waals surface area contributed by atoms with Gasteiger partial charge in [-0.2, -0.15) is 0 Å². The molecular formula is C20H27N5O2. The molecule has 1 atom stereocenters. The van der Waals surface area contributed by atoms with Gasteiger partial charge in [0.15, 0.2) is 0 Å². The second-order valence-corrected chi connectivity index (χ2v) is 7.16. The third-order valence-electron chi connectivity index (χ3n) is 4.94. The summed E-state index contributed by atoms with van der Waals surface area (Å²) in [5.41, 5.74) is 1.02. The van der Waals surface area contributed by atoms with Gasteiger partial charge in [0.25, 0.3) is 0 Å². The highest BCUT2D eigenvalue weighted by Crippen LogP contribution is 2.18. The number of nitrogens with zero attached hydrogens (tertiary/aromatic N) is 5. The molecule has 27 heavy (non-hydrogen) atoms. The maximum Gasteiger partial charge on any atom is 0.246 e. The summed E-state index contributed by atoms with van der Waals surface area (Å²) in [6.45, 7) is 2.47. The predicted octanol–water partition coefficient (Wildman–Crippen LogP) is 1.17. The van der Waals surface area contributed by atoms with E-state index in [1.165, 1.54) is 0 Å². The molecule has 0 saturated carbocycles. The van der Waals surface area contributed by atoms with E-state index in [9.17, 15) is 9.59 Å². The van der Waals surface area contributed by atoms with E-state index in [0.717, 1.165) is 17.9 Å². The lowest BCUT2D eigenvalue weighted by atomic mass is 10.1. The molecule has 1 aromatic carbocycles. The number of piperazine rings is 1. The van der Waals surface area contributed by atoms with E-state index >= 15 is 0 Å². The Balaban J connectivity index is 1.69. The number of carbonyl (C=O) groups excluding carboxylic acids is 2. The topological polar surface area (TPSA) is 61.7 Å². The van der Waals surface area contributed by atoms with Crippen LogP contribution in [0.3, 0.4) is 0 Å². The minimum atomic E-state index is -0.414. The van der Waals surface area contributed by atoms with Crippen molar-refractivity contribution in [2.75, 3.05) is 40.8 Å². The minimum Gasteiger partial charge on any atom is -0.347 e. The van der Waals surface area contributed by atoms with E-state index in [1.807, 2.05) is 48.1 Å². The quantitative estimate of drug-likeness (QED) is 0.794. The van der Waals surface area contributed by atoms with Crippen molar-refractivity contribution >= 4 is 11.8 Å². The fraction of sp³-hybridized carbons (Fsp3) is 0.450. The Kier molecular flexibility index (Phi) is 5.91. The van der Waals surface area contributed by atoms with Crippen LogP contribution in [0.15, 0.2) is 42.7 Å². The number of hydrogen-bond acceptors (Lipinski definition) is 4. The summed E-state index contributed by atoms with van der Waals surface area (Å²) >= 11 is 0. The first-order valence-electron chi connectivity index (χ1n) is 9.23. The fourth-order valence-corrected chi connectivity index (χ4v) is 3.42. The molecule has 2 amide bonds. The van der Waals surface area contributed by atoms with Gasteiger partial charge in [-0.3, -0.25) is 9.59 Å². The van der Waals surface area contributed by atoms with Crippen molar-refractivity contribution in [2.24, 2.45) is 0 Å². The third-order valence-corrected chi connectivity index (χ3v) is 4.94. The number of hydrogen-bond donors (Lipinski definition) is 0. The van der Waals surface area contributed by atoms with Crippen LogP contribution in [0.25, 0.3) is 11.4 Å². The molecule has 1 fully saturated rings. The number of likely N-dealkylation sites (N-methyl/N-ethyl adjacent to an activating group) is 2. The lowest BCUT2D eigenvalue weighted by Crippen LogP contribution is -2.59. The SMILES string of the molecule is CN1CCN(C(=O)CCn2ccnc2-c2ccccc2)C(C(=O)N(C)C)C1. The Bertz CT molecular complexity index is 787. The van der Waals surface area contributed by atoms with Crippen molar-refractivity contribution in [1.82, 2.24) is 24.3 Å². The number of amides is 2. The van der Waals surface area contributed by atoms with Gasteiger partial charge in [-0.25, -0.2) is 4.98 Å². The van der Waals surface area contributed by atoms with E-state index in [4.69, 9.17) is 0 Å². The van der Waals surface area contributed by atoms with Gasteiger partial charge in [0, 0.05) is 64.7 Å². The molecular weight excluding hydrogens is 342 g/mol. The molecule has 144 valence electrons. The molecule has 0 aliphatic carbocycles. The molecule has 0 N–H and O–H groups in total. The average Bonchev–Trinajstić information content (AvgIpc) is 3.14. The maximum atomic E-state index is 12.9. The third kappa shape index (κ3) is 4.36. The highest BCUT2D eigenvalue weighted by atomic mass is 16.2. The van der Waals surface area contributed by atoms with Crippen molar-refractivity contribution in [2.45, 2.75) is 19.0 Å². The van der Waals surface area contributed by atoms with Crippen molar-refractivity contribution < 1.29 is 9.59 Å². The zero-order chi connectivity index (χ0) is 19.4. The van der Waals surface area contributed by atoms with Crippen LogP contribution >= 0.6 is 0 Å². The second-order valence-electron chi connectivity index (χ2n) is 7.16. The Morgan fingerprint density at radius 1 is 1.19 bits per heavy atom. The highest BCUT2D eigenvalue weighted by Gasteiger charge is 2.34. The van der Waals surface area contributed by atoms with E-state index in [-0.39, 0.29) is 11.8 Å². The highest BCUT2D eigenvalue weighted by molar-refractivity contribution is 5.88. The second kappa shape index (κ2) is 8.35. The summed E-state index contributed by atoms with van der Waals surface area (Å²) in [6, 6.07) is 9.51. The van der Waals surface area contributed by atoms with Gasteiger partial charge < -0.3 is 19.3 Å². The summed E-state index contributed by atoms with van der Waals surface area (Å²) in [7, 11) is 5.45. The molecule has 2 aromatic rings. The van der Waals surface area contributed by atoms with Crippen LogP contribution in [0.2, 0.25) is 0 Å².